The summed E-state index contributed by atoms with van der Waals surface area (Å²) >= 11 is 5.88. The summed E-state index contributed by atoms with van der Waals surface area (Å²) in [5.41, 5.74) is 1.89. The van der Waals surface area contributed by atoms with E-state index in [2.05, 4.69) is 15.4 Å². The van der Waals surface area contributed by atoms with E-state index in [0.717, 1.165) is 54.8 Å². The van der Waals surface area contributed by atoms with Crippen LogP contribution in [0.25, 0.3) is 11.3 Å². The van der Waals surface area contributed by atoms with Crippen molar-refractivity contribution in [1.82, 2.24) is 15.4 Å². The first-order chi connectivity index (χ1) is 9.31. The van der Waals surface area contributed by atoms with Gasteiger partial charge in [0.05, 0.1) is 6.54 Å². The highest BCUT2D eigenvalue weighted by molar-refractivity contribution is 6.30. The van der Waals surface area contributed by atoms with Crippen molar-refractivity contribution in [2.45, 2.75) is 6.54 Å². The highest BCUT2D eigenvalue weighted by atomic mass is 35.5. The maximum Gasteiger partial charge on any atom is 0.151 e. The van der Waals surface area contributed by atoms with Crippen LogP contribution in [0.3, 0.4) is 0 Å². The summed E-state index contributed by atoms with van der Waals surface area (Å²) in [6.07, 6.45) is 0. The van der Waals surface area contributed by atoms with Crippen molar-refractivity contribution < 1.29 is 4.52 Å². The average Bonchev–Trinajstić information content (AvgIpc) is 2.89. The molecule has 2 heterocycles. The van der Waals surface area contributed by atoms with Gasteiger partial charge in [-0.25, -0.2) is 0 Å². The molecule has 1 aromatic carbocycles. The molecule has 0 amide bonds. The van der Waals surface area contributed by atoms with Gasteiger partial charge in [-0.3, -0.25) is 4.90 Å². The van der Waals surface area contributed by atoms with Crippen molar-refractivity contribution in [3.05, 3.63) is 41.1 Å². The van der Waals surface area contributed by atoms with E-state index < -0.39 is 0 Å². The largest absolute Gasteiger partial charge is 0.359 e. The van der Waals surface area contributed by atoms with Gasteiger partial charge in [0.2, 0.25) is 0 Å². The van der Waals surface area contributed by atoms with Gasteiger partial charge >= 0.3 is 0 Å². The maximum atomic E-state index is 5.88. The third-order valence-electron chi connectivity index (χ3n) is 3.29. The summed E-state index contributed by atoms with van der Waals surface area (Å²) in [5, 5.41) is 8.19. The molecule has 1 saturated heterocycles. The van der Waals surface area contributed by atoms with Crippen LogP contribution in [0, 0.1) is 0 Å². The highest BCUT2D eigenvalue weighted by Gasteiger charge is 2.13. The molecule has 4 nitrogen and oxygen atoms in total. The fraction of sp³-hybridized carbons (Fsp3) is 0.357. The molecular formula is C14H16ClN3O. The van der Waals surface area contributed by atoms with E-state index in [-0.39, 0.29) is 0 Å². The fourth-order valence-corrected chi connectivity index (χ4v) is 2.36. The smallest absolute Gasteiger partial charge is 0.151 e. The predicted octanol–water partition coefficient (Wildman–Crippen LogP) is 2.40. The minimum absolute atomic E-state index is 0.730. The van der Waals surface area contributed by atoms with Gasteiger partial charge < -0.3 is 9.84 Å². The number of nitrogens with zero attached hydrogens (tertiary/aromatic N) is 2. The van der Waals surface area contributed by atoms with Gasteiger partial charge in [-0.1, -0.05) is 28.9 Å². The normalized spacial score (nSPS) is 16.7. The molecule has 1 aromatic heterocycles. The second-order valence-electron chi connectivity index (χ2n) is 4.71. The molecule has 0 unspecified atom stereocenters. The summed E-state index contributed by atoms with van der Waals surface area (Å²) in [4.78, 5) is 2.36. The van der Waals surface area contributed by atoms with Gasteiger partial charge in [0.15, 0.2) is 5.76 Å². The molecule has 0 atom stereocenters. The Morgan fingerprint density at radius 3 is 2.68 bits per heavy atom. The second kappa shape index (κ2) is 5.74. The van der Waals surface area contributed by atoms with Crippen molar-refractivity contribution in [1.29, 1.82) is 0 Å². The molecule has 1 aliphatic heterocycles. The molecule has 1 N–H and O–H groups in total. The number of aromatic nitrogens is 1. The molecule has 0 saturated carbocycles. The molecule has 0 spiro atoms. The average molecular weight is 278 g/mol. The highest BCUT2D eigenvalue weighted by Crippen LogP contribution is 2.21. The Kier molecular flexibility index (Phi) is 3.82. The first-order valence-corrected chi connectivity index (χ1v) is 6.84. The second-order valence-corrected chi connectivity index (χ2v) is 5.15. The van der Waals surface area contributed by atoms with Crippen molar-refractivity contribution >= 4 is 11.6 Å². The third-order valence-corrected chi connectivity index (χ3v) is 3.54. The molecule has 5 heteroatoms. The van der Waals surface area contributed by atoms with Gasteiger partial charge in [0.1, 0.15) is 5.69 Å². The van der Waals surface area contributed by atoms with Crippen LogP contribution < -0.4 is 5.32 Å². The van der Waals surface area contributed by atoms with Gasteiger partial charge in [-0.05, 0) is 12.1 Å². The van der Waals surface area contributed by atoms with Crippen molar-refractivity contribution in [2.24, 2.45) is 0 Å². The molecule has 3 rings (SSSR count). The quantitative estimate of drug-likeness (QED) is 0.935. The first kappa shape index (κ1) is 12.7. The van der Waals surface area contributed by atoms with Crippen LogP contribution in [0.2, 0.25) is 5.02 Å². The lowest BCUT2D eigenvalue weighted by molar-refractivity contribution is 0.207. The Morgan fingerprint density at radius 1 is 1.21 bits per heavy atom. The Labute approximate surface area is 117 Å². The number of halogens is 1. The third kappa shape index (κ3) is 3.15. The van der Waals surface area contributed by atoms with Gasteiger partial charge in [0.25, 0.3) is 0 Å². The molecular weight excluding hydrogens is 262 g/mol. The Bertz CT molecular complexity index is 532. The summed E-state index contributed by atoms with van der Waals surface area (Å²) in [5.74, 6) is 0.909. The van der Waals surface area contributed by atoms with E-state index in [4.69, 9.17) is 16.1 Å². The molecule has 2 aromatic rings. The van der Waals surface area contributed by atoms with Crippen LogP contribution in [0.15, 0.2) is 34.9 Å². The Balaban J connectivity index is 1.70. The summed E-state index contributed by atoms with van der Waals surface area (Å²) < 4.78 is 5.41. The van der Waals surface area contributed by atoms with Gasteiger partial charge in [-0.15, -0.1) is 0 Å². The lowest BCUT2D eigenvalue weighted by atomic mass is 10.1. The van der Waals surface area contributed by atoms with E-state index in [1.807, 2.05) is 30.3 Å². The Hall–Kier alpha value is -1.36. The van der Waals surface area contributed by atoms with Crippen LogP contribution in [0.1, 0.15) is 5.76 Å². The van der Waals surface area contributed by atoms with E-state index in [1.165, 1.54) is 0 Å². The van der Waals surface area contributed by atoms with E-state index in [0.29, 0.717) is 0 Å². The van der Waals surface area contributed by atoms with Crippen LogP contribution in [0.4, 0.5) is 0 Å². The van der Waals surface area contributed by atoms with E-state index in [9.17, 15) is 0 Å². The molecule has 0 aliphatic carbocycles. The van der Waals surface area contributed by atoms with E-state index in [1.54, 1.807) is 0 Å². The first-order valence-electron chi connectivity index (χ1n) is 6.46. The molecule has 1 fully saturated rings. The fourth-order valence-electron chi connectivity index (χ4n) is 2.23. The molecule has 1 aliphatic rings. The molecule has 0 bridgehead atoms. The number of hydrogen-bond acceptors (Lipinski definition) is 4. The van der Waals surface area contributed by atoms with E-state index >= 15 is 0 Å². The summed E-state index contributed by atoms with van der Waals surface area (Å²) in [6.45, 7) is 5.01. The van der Waals surface area contributed by atoms with Crippen molar-refractivity contribution in [2.75, 3.05) is 26.2 Å². The topological polar surface area (TPSA) is 41.3 Å². The molecule has 100 valence electrons. The number of benzene rings is 1. The zero-order valence-corrected chi connectivity index (χ0v) is 11.4. The van der Waals surface area contributed by atoms with Crippen LogP contribution in [0.5, 0.6) is 0 Å². The SMILES string of the molecule is Clc1ccc(-c2cc(CN3CCNCC3)on2)cc1. The zero-order valence-electron chi connectivity index (χ0n) is 10.6. The lowest BCUT2D eigenvalue weighted by Crippen LogP contribution is -2.42. The lowest BCUT2D eigenvalue weighted by Gasteiger charge is -2.25. The summed E-state index contributed by atoms with van der Waals surface area (Å²) in [6, 6.07) is 9.64. The number of nitrogens with one attached hydrogen (secondary N) is 1. The predicted molar refractivity (Wildman–Crippen MR) is 75.1 cm³/mol. The van der Waals surface area contributed by atoms with Crippen molar-refractivity contribution in [3.63, 3.8) is 0 Å². The number of rotatable bonds is 3. The molecule has 19 heavy (non-hydrogen) atoms. The monoisotopic (exact) mass is 277 g/mol. The van der Waals surface area contributed by atoms with Crippen LogP contribution in [-0.2, 0) is 6.54 Å². The Morgan fingerprint density at radius 2 is 1.95 bits per heavy atom. The van der Waals surface area contributed by atoms with Crippen LogP contribution >= 0.6 is 11.6 Å². The van der Waals surface area contributed by atoms with Gasteiger partial charge in [-0.2, -0.15) is 0 Å². The van der Waals surface area contributed by atoms with Crippen LogP contribution in [-0.4, -0.2) is 36.2 Å². The zero-order chi connectivity index (χ0) is 13.1. The maximum absolute atomic E-state index is 5.88. The van der Waals surface area contributed by atoms with Gasteiger partial charge in [0, 0.05) is 42.8 Å². The number of piperazine rings is 1. The number of hydrogen-bond donors (Lipinski definition) is 1. The standard InChI is InChI=1S/C14H16ClN3O/c15-12-3-1-11(2-4-12)14-9-13(19-17-14)10-18-7-5-16-6-8-18/h1-4,9,16H,5-8,10H2. The van der Waals surface area contributed by atoms with Crippen molar-refractivity contribution in [3.8, 4) is 11.3 Å². The summed E-state index contributed by atoms with van der Waals surface area (Å²) in [7, 11) is 0. The molecule has 0 radical (unpaired) electrons. The minimum Gasteiger partial charge on any atom is -0.359 e. The minimum atomic E-state index is 0.730.